The van der Waals surface area contributed by atoms with Crippen molar-refractivity contribution in [2.75, 3.05) is 37.0 Å². The summed E-state index contributed by atoms with van der Waals surface area (Å²) in [7, 11) is 1.71. The van der Waals surface area contributed by atoms with E-state index < -0.39 is 0 Å². The highest BCUT2D eigenvalue weighted by Gasteiger charge is 2.24. The number of pyridine rings is 1. The Hall–Kier alpha value is -2.74. The van der Waals surface area contributed by atoms with E-state index in [0.29, 0.717) is 17.3 Å². The number of hydrogen-bond acceptors (Lipinski definition) is 5. The SMILES string of the molecule is COc1ccccc1N1CCC(CNc2ncccc2C#N)C1. The lowest BCUT2D eigenvalue weighted by molar-refractivity contribution is 0.414. The third-order valence-electron chi connectivity index (χ3n) is 4.20. The maximum atomic E-state index is 9.11. The van der Waals surface area contributed by atoms with Crippen LogP contribution in [0.25, 0.3) is 0 Å². The predicted octanol–water partition coefficient (Wildman–Crippen LogP) is 2.90. The molecule has 0 saturated carbocycles. The number of nitrogens with one attached hydrogen (secondary N) is 1. The van der Waals surface area contributed by atoms with Gasteiger partial charge < -0.3 is 15.0 Å². The molecule has 1 atom stereocenters. The second-order valence-corrected chi connectivity index (χ2v) is 5.66. The van der Waals surface area contributed by atoms with E-state index in [4.69, 9.17) is 10.00 Å². The fourth-order valence-corrected chi connectivity index (χ4v) is 2.99. The first-order valence-electron chi connectivity index (χ1n) is 7.78. The minimum atomic E-state index is 0.522. The van der Waals surface area contributed by atoms with Gasteiger partial charge in [-0.05, 0) is 36.6 Å². The van der Waals surface area contributed by atoms with Crippen LogP contribution < -0.4 is 15.0 Å². The van der Waals surface area contributed by atoms with Crippen molar-refractivity contribution in [3.05, 3.63) is 48.2 Å². The zero-order valence-electron chi connectivity index (χ0n) is 13.2. The highest BCUT2D eigenvalue weighted by molar-refractivity contribution is 5.59. The van der Waals surface area contributed by atoms with Gasteiger partial charge in [0, 0.05) is 25.8 Å². The van der Waals surface area contributed by atoms with Gasteiger partial charge in [-0.15, -0.1) is 0 Å². The monoisotopic (exact) mass is 308 g/mol. The van der Waals surface area contributed by atoms with Gasteiger partial charge in [0.1, 0.15) is 17.6 Å². The van der Waals surface area contributed by atoms with Crippen LogP contribution in [0.3, 0.4) is 0 Å². The number of hydrogen-bond donors (Lipinski definition) is 1. The fraction of sp³-hybridized carbons (Fsp3) is 0.333. The van der Waals surface area contributed by atoms with Gasteiger partial charge in [-0.3, -0.25) is 0 Å². The van der Waals surface area contributed by atoms with Crippen LogP contribution in [0.1, 0.15) is 12.0 Å². The third kappa shape index (κ3) is 3.37. The summed E-state index contributed by atoms with van der Waals surface area (Å²) in [5.41, 5.74) is 1.74. The van der Waals surface area contributed by atoms with Gasteiger partial charge in [-0.1, -0.05) is 12.1 Å². The van der Waals surface area contributed by atoms with Gasteiger partial charge in [0.15, 0.2) is 0 Å². The number of anilines is 2. The molecule has 0 amide bonds. The molecule has 5 heteroatoms. The highest BCUT2D eigenvalue weighted by Crippen LogP contribution is 2.32. The Labute approximate surface area is 136 Å². The molecule has 3 rings (SSSR count). The van der Waals surface area contributed by atoms with Crippen molar-refractivity contribution in [3.63, 3.8) is 0 Å². The number of ether oxygens (including phenoxy) is 1. The summed E-state index contributed by atoms with van der Waals surface area (Å²) in [6, 6.07) is 13.9. The van der Waals surface area contributed by atoms with E-state index in [2.05, 4.69) is 27.3 Å². The van der Waals surface area contributed by atoms with Crippen molar-refractivity contribution >= 4 is 11.5 Å². The topological polar surface area (TPSA) is 61.2 Å². The van der Waals surface area contributed by atoms with E-state index in [1.807, 2.05) is 18.2 Å². The maximum Gasteiger partial charge on any atom is 0.143 e. The molecule has 23 heavy (non-hydrogen) atoms. The molecule has 1 unspecified atom stereocenters. The molecule has 2 aromatic rings. The van der Waals surface area contributed by atoms with Crippen LogP contribution in [0.5, 0.6) is 5.75 Å². The molecule has 1 saturated heterocycles. The molecule has 5 nitrogen and oxygen atoms in total. The van der Waals surface area contributed by atoms with Crippen LogP contribution in [0.4, 0.5) is 11.5 Å². The molecule has 1 aromatic carbocycles. The van der Waals surface area contributed by atoms with Crippen molar-refractivity contribution in [1.82, 2.24) is 4.98 Å². The second kappa shape index (κ2) is 7.01. The fourth-order valence-electron chi connectivity index (χ4n) is 2.99. The maximum absolute atomic E-state index is 9.11. The van der Waals surface area contributed by atoms with E-state index in [0.717, 1.165) is 37.5 Å². The summed E-state index contributed by atoms with van der Waals surface area (Å²) in [6.45, 7) is 2.81. The molecule has 1 aromatic heterocycles. The Morgan fingerprint density at radius 2 is 2.22 bits per heavy atom. The van der Waals surface area contributed by atoms with Crippen molar-refractivity contribution in [3.8, 4) is 11.8 Å². The van der Waals surface area contributed by atoms with E-state index in [9.17, 15) is 0 Å². The van der Waals surface area contributed by atoms with E-state index in [1.165, 1.54) is 0 Å². The average Bonchev–Trinajstić information content (AvgIpc) is 3.09. The standard InChI is InChI=1S/C18H20N4O/c1-23-17-7-3-2-6-16(17)22-10-8-14(13-22)12-21-18-15(11-19)5-4-9-20-18/h2-7,9,14H,8,10,12-13H2,1H3,(H,20,21). The Morgan fingerprint density at radius 3 is 3.04 bits per heavy atom. The lowest BCUT2D eigenvalue weighted by Crippen LogP contribution is -2.23. The summed E-state index contributed by atoms with van der Waals surface area (Å²) in [5, 5.41) is 12.4. The molecule has 0 spiro atoms. The number of para-hydroxylation sites is 2. The number of nitrogens with zero attached hydrogens (tertiary/aromatic N) is 3. The van der Waals surface area contributed by atoms with Crippen LogP contribution in [0.2, 0.25) is 0 Å². The minimum Gasteiger partial charge on any atom is -0.495 e. The van der Waals surface area contributed by atoms with Gasteiger partial charge >= 0.3 is 0 Å². The molecule has 1 aliphatic heterocycles. The molecule has 1 N–H and O–H groups in total. The number of aromatic nitrogens is 1. The second-order valence-electron chi connectivity index (χ2n) is 5.66. The van der Waals surface area contributed by atoms with Gasteiger partial charge in [0.05, 0.1) is 18.4 Å². The number of benzene rings is 1. The minimum absolute atomic E-state index is 0.522. The summed E-state index contributed by atoms with van der Waals surface area (Å²) >= 11 is 0. The quantitative estimate of drug-likeness (QED) is 0.920. The average molecular weight is 308 g/mol. The summed E-state index contributed by atoms with van der Waals surface area (Å²) in [6.07, 6.45) is 2.82. The molecular formula is C18H20N4O. The smallest absolute Gasteiger partial charge is 0.143 e. The van der Waals surface area contributed by atoms with Crippen molar-refractivity contribution in [2.24, 2.45) is 5.92 Å². The number of methoxy groups -OCH3 is 1. The Kier molecular flexibility index (Phi) is 4.62. The van der Waals surface area contributed by atoms with Crippen molar-refractivity contribution in [2.45, 2.75) is 6.42 Å². The van der Waals surface area contributed by atoms with E-state index in [-0.39, 0.29) is 0 Å². The summed E-state index contributed by atoms with van der Waals surface area (Å²) in [5.74, 6) is 2.11. The molecule has 0 bridgehead atoms. The first kappa shape index (κ1) is 15.2. The van der Waals surface area contributed by atoms with Crippen LogP contribution in [0.15, 0.2) is 42.6 Å². The Morgan fingerprint density at radius 1 is 1.35 bits per heavy atom. The first-order chi connectivity index (χ1) is 11.3. The van der Waals surface area contributed by atoms with Crippen LogP contribution in [-0.4, -0.2) is 31.7 Å². The number of rotatable bonds is 5. The summed E-state index contributed by atoms with van der Waals surface area (Å²) < 4.78 is 5.45. The third-order valence-corrected chi connectivity index (χ3v) is 4.20. The molecule has 1 aliphatic rings. The first-order valence-corrected chi connectivity index (χ1v) is 7.78. The van der Waals surface area contributed by atoms with Gasteiger partial charge in [0.25, 0.3) is 0 Å². The molecule has 2 heterocycles. The van der Waals surface area contributed by atoms with E-state index >= 15 is 0 Å². The van der Waals surface area contributed by atoms with Crippen molar-refractivity contribution < 1.29 is 4.74 Å². The normalized spacial score (nSPS) is 16.9. The lowest BCUT2D eigenvalue weighted by atomic mass is 10.1. The summed E-state index contributed by atoms with van der Waals surface area (Å²) in [4.78, 5) is 6.60. The highest BCUT2D eigenvalue weighted by atomic mass is 16.5. The molecule has 0 aliphatic carbocycles. The van der Waals surface area contributed by atoms with Crippen LogP contribution in [-0.2, 0) is 0 Å². The lowest BCUT2D eigenvalue weighted by Gasteiger charge is -2.21. The van der Waals surface area contributed by atoms with Gasteiger partial charge in [0.2, 0.25) is 0 Å². The van der Waals surface area contributed by atoms with Crippen LogP contribution in [0, 0.1) is 17.2 Å². The van der Waals surface area contributed by atoms with Crippen molar-refractivity contribution in [1.29, 1.82) is 5.26 Å². The molecule has 0 radical (unpaired) electrons. The molecular weight excluding hydrogens is 288 g/mol. The van der Waals surface area contributed by atoms with Crippen LogP contribution >= 0.6 is 0 Å². The van der Waals surface area contributed by atoms with Gasteiger partial charge in [-0.2, -0.15) is 5.26 Å². The predicted molar refractivity (Wildman–Crippen MR) is 90.8 cm³/mol. The Balaban J connectivity index is 1.61. The number of nitriles is 1. The zero-order valence-corrected chi connectivity index (χ0v) is 13.2. The van der Waals surface area contributed by atoms with E-state index in [1.54, 1.807) is 25.4 Å². The molecule has 1 fully saturated rings. The largest absolute Gasteiger partial charge is 0.495 e. The molecule has 118 valence electrons. The van der Waals surface area contributed by atoms with Gasteiger partial charge in [-0.25, -0.2) is 4.98 Å². The Bertz CT molecular complexity index is 710. The zero-order chi connectivity index (χ0) is 16.1.